The number of hydrogen-bond acceptors (Lipinski definition) is 5. The quantitative estimate of drug-likeness (QED) is 0.446. The number of rotatable bonds is 6. The Morgan fingerprint density at radius 1 is 1.38 bits per heavy atom. The summed E-state index contributed by atoms with van der Waals surface area (Å²) in [6.45, 7) is 0.712. The molecule has 0 aliphatic carbocycles. The molecule has 0 fully saturated rings. The number of carbonyl (C=O) groups is 1. The van der Waals surface area contributed by atoms with Gasteiger partial charge in [-0.3, -0.25) is 4.79 Å². The molecule has 0 atom stereocenters. The Hall–Kier alpha value is -1.14. The van der Waals surface area contributed by atoms with Crippen LogP contribution in [0.1, 0.15) is 12.0 Å². The third kappa shape index (κ3) is 5.09. The van der Waals surface area contributed by atoms with Crippen LogP contribution in [0.3, 0.4) is 0 Å². The van der Waals surface area contributed by atoms with Gasteiger partial charge in [0.1, 0.15) is 0 Å². The highest BCUT2D eigenvalue weighted by molar-refractivity contribution is 6.30. The maximum atomic E-state index is 10.8. The summed E-state index contributed by atoms with van der Waals surface area (Å²) in [5, 5.41) is 0.682. The van der Waals surface area contributed by atoms with Gasteiger partial charge in [-0.2, -0.15) is 0 Å². The molecule has 0 unspecified atom stereocenters. The summed E-state index contributed by atoms with van der Waals surface area (Å²) in [4.78, 5) is 15.1. The van der Waals surface area contributed by atoms with Crippen molar-refractivity contribution in [2.75, 3.05) is 6.61 Å². The van der Waals surface area contributed by atoms with Crippen LogP contribution in [0.2, 0.25) is 5.02 Å². The topological polar surface area (TPSA) is 73.6 Å². The second-order valence-electron chi connectivity index (χ2n) is 3.02. The van der Waals surface area contributed by atoms with Gasteiger partial charge >= 0.3 is 5.97 Å². The van der Waals surface area contributed by atoms with Crippen LogP contribution in [0.4, 0.5) is 0 Å². The molecule has 1 aromatic carbocycles. The summed E-state index contributed by atoms with van der Waals surface area (Å²) in [5.41, 5.74) is 2.81. The second kappa shape index (κ2) is 7.19. The third-order valence-electron chi connectivity index (χ3n) is 1.81. The van der Waals surface area contributed by atoms with Crippen LogP contribution in [-0.4, -0.2) is 12.6 Å². The molecule has 0 saturated carbocycles. The third-order valence-corrected chi connectivity index (χ3v) is 2.06. The van der Waals surface area contributed by atoms with Gasteiger partial charge in [0.25, 0.3) is 0 Å². The van der Waals surface area contributed by atoms with Crippen molar-refractivity contribution >= 4 is 17.6 Å². The molecule has 6 heteroatoms. The first-order valence-corrected chi connectivity index (χ1v) is 5.07. The van der Waals surface area contributed by atoms with Gasteiger partial charge < -0.3 is 9.57 Å². The molecule has 0 aliphatic heterocycles. The van der Waals surface area contributed by atoms with E-state index in [0.717, 1.165) is 5.56 Å². The van der Waals surface area contributed by atoms with Gasteiger partial charge in [0.2, 0.25) is 0 Å². The number of nitrogens with one attached hydrogen (secondary N) is 1. The maximum absolute atomic E-state index is 10.8. The highest BCUT2D eigenvalue weighted by Gasteiger charge is 2.01. The average molecular weight is 245 g/mol. The predicted octanol–water partition coefficient (Wildman–Crippen LogP) is 1.17. The highest BCUT2D eigenvalue weighted by atomic mass is 35.5. The van der Waals surface area contributed by atoms with Gasteiger partial charge in [-0.25, -0.2) is 5.84 Å². The van der Waals surface area contributed by atoms with Crippen molar-refractivity contribution in [1.82, 2.24) is 5.59 Å². The van der Waals surface area contributed by atoms with Crippen LogP contribution in [0.5, 0.6) is 0 Å². The normalized spacial score (nSPS) is 10.1. The van der Waals surface area contributed by atoms with Crippen LogP contribution in [0.15, 0.2) is 24.3 Å². The molecule has 0 heterocycles. The van der Waals surface area contributed by atoms with Crippen LogP contribution < -0.4 is 11.4 Å². The minimum Gasteiger partial charge on any atom is -0.376 e. The van der Waals surface area contributed by atoms with Crippen molar-refractivity contribution in [2.24, 2.45) is 5.84 Å². The molecule has 0 amide bonds. The van der Waals surface area contributed by atoms with E-state index in [1.54, 1.807) is 12.1 Å². The zero-order chi connectivity index (χ0) is 11.8. The minimum atomic E-state index is -0.460. The van der Waals surface area contributed by atoms with E-state index in [0.29, 0.717) is 11.6 Å². The zero-order valence-electron chi connectivity index (χ0n) is 8.61. The van der Waals surface area contributed by atoms with E-state index in [4.69, 9.17) is 22.2 Å². The largest absolute Gasteiger partial charge is 0.376 e. The number of hydrogen-bond donors (Lipinski definition) is 2. The summed E-state index contributed by atoms with van der Waals surface area (Å²) in [6, 6.07) is 7.30. The fourth-order valence-electron chi connectivity index (χ4n) is 1.04. The van der Waals surface area contributed by atoms with Crippen LogP contribution in [-0.2, 0) is 21.0 Å². The first-order valence-electron chi connectivity index (χ1n) is 4.70. The first-order chi connectivity index (χ1) is 7.72. The number of benzene rings is 1. The van der Waals surface area contributed by atoms with E-state index < -0.39 is 5.97 Å². The standard InChI is InChI=1S/C10H13ClN2O3/c11-9-3-1-8(2-4-9)7-15-6-5-10(14)16-13-12/h1-4,13H,5-7,12H2. The monoisotopic (exact) mass is 244 g/mol. The maximum Gasteiger partial charge on any atom is 0.328 e. The molecule has 88 valence electrons. The van der Waals surface area contributed by atoms with E-state index in [1.165, 1.54) is 0 Å². The molecule has 0 bridgehead atoms. The van der Waals surface area contributed by atoms with Gasteiger partial charge in [0.05, 0.1) is 19.6 Å². The molecular weight excluding hydrogens is 232 g/mol. The van der Waals surface area contributed by atoms with Crippen LogP contribution in [0, 0.1) is 0 Å². The smallest absolute Gasteiger partial charge is 0.328 e. The fourth-order valence-corrected chi connectivity index (χ4v) is 1.17. The molecule has 0 aromatic heterocycles. The molecule has 1 aromatic rings. The van der Waals surface area contributed by atoms with Crippen molar-refractivity contribution in [3.63, 3.8) is 0 Å². The molecule has 1 rings (SSSR count). The Bertz CT molecular complexity index is 329. The molecule has 5 nitrogen and oxygen atoms in total. The number of hydrazine groups is 1. The number of nitrogens with two attached hydrogens (primary N) is 1. The zero-order valence-corrected chi connectivity index (χ0v) is 9.37. The summed E-state index contributed by atoms with van der Waals surface area (Å²) < 4.78 is 5.26. The Labute approximate surface area is 98.4 Å². The number of halogens is 1. The van der Waals surface area contributed by atoms with E-state index in [-0.39, 0.29) is 13.0 Å². The van der Waals surface area contributed by atoms with Gasteiger partial charge in [-0.05, 0) is 17.7 Å². The van der Waals surface area contributed by atoms with Crippen molar-refractivity contribution in [1.29, 1.82) is 0 Å². The Morgan fingerprint density at radius 3 is 2.69 bits per heavy atom. The van der Waals surface area contributed by atoms with E-state index in [9.17, 15) is 4.79 Å². The molecule has 0 radical (unpaired) electrons. The van der Waals surface area contributed by atoms with Crippen molar-refractivity contribution in [3.05, 3.63) is 34.9 Å². The summed E-state index contributed by atoms with van der Waals surface area (Å²) in [6.07, 6.45) is 0.151. The number of carbonyl (C=O) groups excluding carboxylic acids is 1. The van der Waals surface area contributed by atoms with Crippen LogP contribution >= 0.6 is 11.6 Å². The summed E-state index contributed by atoms with van der Waals surface area (Å²) >= 11 is 5.73. The molecule has 0 spiro atoms. The van der Waals surface area contributed by atoms with E-state index >= 15 is 0 Å². The highest BCUT2D eigenvalue weighted by Crippen LogP contribution is 2.10. The van der Waals surface area contributed by atoms with Crippen molar-refractivity contribution in [3.8, 4) is 0 Å². The average Bonchev–Trinajstić information content (AvgIpc) is 2.27. The Kier molecular flexibility index (Phi) is 5.81. The molecular formula is C10H13ClN2O3. The lowest BCUT2D eigenvalue weighted by Gasteiger charge is -2.04. The Morgan fingerprint density at radius 2 is 2.06 bits per heavy atom. The lowest BCUT2D eigenvalue weighted by atomic mass is 10.2. The predicted molar refractivity (Wildman–Crippen MR) is 59.1 cm³/mol. The second-order valence-corrected chi connectivity index (χ2v) is 3.46. The van der Waals surface area contributed by atoms with E-state index in [1.807, 2.05) is 17.7 Å². The van der Waals surface area contributed by atoms with Gasteiger partial charge in [0, 0.05) is 5.02 Å². The minimum absolute atomic E-state index is 0.151. The van der Waals surface area contributed by atoms with Crippen molar-refractivity contribution < 1.29 is 14.4 Å². The lowest BCUT2D eigenvalue weighted by Crippen LogP contribution is -2.26. The first kappa shape index (κ1) is 12.9. The summed E-state index contributed by atoms with van der Waals surface area (Å²) in [5.74, 6) is 4.33. The van der Waals surface area contributed by atoms with E-state index in [2.05, 4.69) is 4.84 Å². The molecule has 3 N–H and O–H groups in total. The van der Waals surface area contributed by atoms with Gasteiger partial charge in [0.15, 0.2) is 0 Å². The van der Waals surface area contributed by atoms with Gasteiger partial charge in [-0.15, -0.1) is 0 Å². The molecule has 0 saturated heterocycles. The molecule has 16 heavy (non-hydrogen) atoms. The van der Waals surface area contributed by atoms with Crippen molar-refractivity contribution in [2.45, 2.75) is 13.0 Å². The Balaban J connectivity index is 2.16. The SMILES string of the molecule is NNOC(=O)CCOCc1ccc(Cl)cc1. The summed E-state index contributed by atoms with van der Waals surface area (Å²) in [7, 11) is 0. The van der Waals surface area contributed by atoms with Crippen LogP contribution in [0.25, 0.3) is 0 Å². The number of ether oxygens (including phenoxy) is 1. The lowest BCUT2D eigenvalue weighted by molar-refractivity contribution is -0.152. The molecule has 0 aliphatic rings. The van der Waals surface area contributed by atoms with Gasteiger partial charge in [-0.1, -0.05) is 29.3 Å². The fraction of sp³-hybridized carbons (Fsp3) is 0.300.